The Morgan fingerprint density at radius 3 is 2.72 bits per heavy atom. The number of aryl methyl sites for hydroxylation is 1. The first-order chi connectivity index (χ1) is 8.57. The van der Waals surface area contributed by atoms with Gasteiger partial charge in [0.2, 0.25) is 0 Å². The number of aromatic nitrogens is 1. The molecule has 0 aliphatic heterocycles. The number of benzene rings is 1. The Hall–Kier alpha value is -2.10. The van der Waals surface area contributed by atoms with Gasteiger partial charge in [-0.15, -0.1) is 0 Å². The minimum Gasteiger partial charge on any atom is -0.506 e. The lowest BCUT2D eigenvalue weighted by atomic mass is 10.1. The van der Waals surface area contributed by atoms with Crippen LogP contribution >= 0.6 is 0 Å². The summed E-state index contributed by atoms with van der Waals surface area (Å²) in [5, 5.41) is 10.9. The summed E-state index contributed by atoms with van der Waals surface area (Å²) in [5.41, 5.74) is 1.35. The molecular weight excluding hydrogens is 228 g/mol. The fourth-order valence-electron chi connectivity index (χ4n) is 2.12. The molecule has 1 aromatic heterocycles. The van der Waals surface area contributed by atoms with Gasteiger partial charge in [0.1, 0.15) is 11.3 Å². The summed E-state index contributed by atoms with van der Waals surface area (Å²) >= 11 is 0. The Balaban J connectivity index is 2.92. The van der Waals surface area contributed by atoms with E-state index in [2.05, 4.69) is 4.99 Å². The van der Waals surface area contributed by atoms with Crippen LogP contribution in [0.15, 0.2) is 34.1 Å². The highest BCUT2D eigenvalue weighted by Gasteiger charge is 2.16. The van der Waals surface area contributed by atoms with Crippen LogP contribution in [-0.4, -0.2) is 21.9 Å². The molecule has 0 bridgehead atoms. The number of nitrogens with zero attached hydrogens (tertiary/aromatic N) is 2. The van der Waals surface area contributed by atoms with Gasteiger partial charge in [0, 0.05) is 24.7 Å². The van der Waals surface area contributed by atoms with Crippen molar-refractivity contribution in [3.05, 3.63) is 40.2 Å². The number of para-hydroxylation sites is 1. The first-order valence-corrected chi connectivity index (χ1v) is 5.90. The summed E-state index contributed by atoms with van der Waals surface area (Å²) in [6.07, 6.45) is 0. The summed E-state index contributed by atoms with van der Waals surface area (Å²) in [5.74, 6) is 0.0170. The molecule has 18 heavy (non-hydrogen) atoms. The number of aliphatic imine (C=N–C) groups is 1. The molecule has 0 amide bonds. The fourth-order valence-corrected chi connectivity index (χ4v) is 2.12. The number of rotatable bonds is 2. The minimum atomic E-state index is -0.221. The number of pyridine rings is 1. The number of aromatic hydroxyl groups is 1. The summed E-state index contributed by atoms with van der Waals surface area (Å²) in [6.45, 7) is 4.22. The zero-order valence-corrected chi connectivity index (χ0v) is 10.8. The topological polar surface area (TPSA) is 54.6 Å². The second-order valence-corrected chi connectivity index (χ2v) is 4.16. The standard InChI is InChI=1S/C14H16N2O2/c1-4-15-9(2)12-13(17)10-7-5-6-8-11(10)16(3)14(12)18/h5-8,17H,4H2,1-3H3. The van der Waals surface area contributed by atoms with Gasteiger partial charge in [-0.1, -0.05) is 12.1 Å². The molecule has 0 fully saturated rings. The summed E-state index contributed by atoms with van der Waals surface area (Å²) < 4.78 is 1.54. The van der Waals surface area contributed by atoms with Gasteiger partial charge in [-0.25, -0.2) is 0 Å². The molecule has 94 valence electrons. The smallest absolute Gasteiger partial charge is 0.263 e. The van der Waals surface area contributed by atoms with Gasteiger partial charge in [-0.05, 0) is 26.0 Å². The van der Waals surface area contributed by atoms with Crippen molar-refractivity contribution in [3.63, 3.8) is 0 Å². The van der Waals surface area contributed by atoms with Crippen LogP contribution in [0.4, 0.5) is 0 Å². The minimum absolute atomic E-state index is 0.0170. The van der Waals surface area contributed by atoms with Gasteiger partial charge < -0.3 is 9.67 Å². The molecule has 1 N–H and O–H groups in total. The normalized spacial score (nSPS) is 12.1. The van der Waals surface area contributed by atoms with Crippen LogP contribution < -0.4 is 5.56 Å². The van der Waals surface area contributed by atoms with Crippen molar-refractivity contribution in [2.24, 2.45) is 12.0 Å². The molecule has 1 heterocycles. The van der Waals surface area contributed by atoms with E-state index in [1.54, 1.807) is 24.6 Å². The van der Waals surface area contributed by atoms with Crippen molar-refractivity contribution in [2.45, 2.75) is 13.8 Å². The first kappa shape index (κ1) is 12.4. The number of hydrogen-bond acceptors (Lipinski definition) is 3. The van der Waals surface area contributed by atoms with Crippen molar-refractivity contribution >= 4 is 16.6 Å². The molecule has 0 aliphatic carbocycles. The molecule has 0 atom stereocenters. The third-order valence-electron chi connectivity index (χ3n) is 3.03. The highest BCUT2D eigenvalue weighted by molar-refractivity contribution is 6.05. The van der Waals surface area contributed by atoms with Crippen molar-refractivity contribution < 1.29 is 5.11 Å². The summed E-state index contributed by atoms with van der Waals surface area (Å²) in [4.78, 5) is 16.4. The molecule has 0 spiro atoms. The first-order valence-electron chi connectivity index (χ1n) is 5.90. The zero-order chi connectivity index (χ0) is 13.3. The van der Waals surface area contributed by atoms with E-state index < -0.39 is 0 Å². The van der Waals surface area contributed by atoms with Crippen LogP contribution in [0.1, 0.15) is 19.4 Å². The van der Waals surface area contributed by atoms with E-state index in [-0.39, 0.29) is 16.9 Å². The Labute approximate surface area is 105 Å². The average Bonchev–Trinajstić information content (AvgIpc) is 2.37. The summed E-state index contributed by atoms with van der Waals surface area (Å²) in [6, 6.07) is 7.29. The van der Waals surface area contributed by atoms with Crippen LogP contribution in [-0.2, 0) is 7.05 Å². The lowest BCUT2D eigenvalue weighted by molar-refractivity contribution is 0.478. The Morgan fingerprint density at radius 2 is 2.06 bits per heavy atom. The van der Waals surface area contributed by atoms with E-state index >= 15 is 0 Å². The van der Waals surface area contributed by atoms with Gasteiger partial charge in [0.15, 0.2) is 0 Å². The lowest BCUT2D eigenvalue weighted by Crippen LogP contribution is -2.24. The number of hydrogen-bond donors (Lipinski definition) is 1. The largest absolute Gasteiger partial charge is 0.506 e. The van der Waals surface area contributed by atoms with Crippen molar-refractivity contribution in [1.82, 2.24) is 4.57 Å². The van der Waals surface area contributed by atoms with Crippen LogP contribution in [0.25, 0.3) is 10.9 Å². The van der Waals surface area contributed by atoms with Crippen LogP contribution in [0.2, 0.25) is 0 Å². The molecule has 4 nitrogen and oxygen atoms in total. The van der Waals surface area contributed by atoms with Gasteiger partial charge in [-0.2, -0.15) is 0 Å². The van der Waals surface area contributed by atoms with Gasteiger partial charge >= 0.3 is 0 Å². The van der Waals surface area contributed by atoms with E-state index in [9.17, 15) is 9.90 Å². The third kappa shape index (κ3) is 1.79. The quantitative estimate of drug-likeness (QED) is 0.822. The van der Waals surface area contributed by atoms with Crippen molar-refractivity contribution in [2.75, 3.05) is 6.54 Å². The molecule has 2 rings (SSSR count). The van der Waals surface area contributed by atoms with E-state index in [1.807, 2.05) is 25.1 Å². The Kier molecular flexibility index (Phi) is 3.19. The van der Waals surface area contributed by atoms with E-state index in [0.29, 0.717) is 23.2 Å². The Morgan fingerprint density at radius 1 is 1.39 bits per heavy atom. The van der Waals surface area contributed by atoms with Crippen LogP contribution in [0, 0.1) is 0 Å². The van der Waals surface area contributed by atoms with Crippen LogP contribution in [0.3, 0.4) is 0 Å². The second-order valence-electron chi connectivity index (χ2n) is 4.16. The molecule has 0 radical (unpaired) electrons. The maximum atomic E-state index is 12.2. The summed E-state index contributed by atoms with van der Waals surface area (Å²) in [7, 11) is 1.70. The molecule has 1 aromatic carbocycles. The van der Waals surface area contributed by atoms with Gasteiger partial charge in [0.05, 0.1) is 5.52 Å². The van der Waals surface area contributed by atoms with E-state index in [0.717, 1.165) is 0 Å². The molecule has 4 heteroatoms. The Bertz CT molecular complexity index is 684. The molecular formula is C14H16N2O2. The molecule has 0 saturated heterocycles. The highest BCUT2D eigenvalue weighted by atomic mass is 16.3. The predicted molar refractivity (Wildman–Crippen MR) is 73.6 cm³/mol. The van der Waals surface area contributed by atoms with Crippen molar-refractivity contribution in [3.8, 4) is 5.75 Å². The van der Waals surface area contributed by atoms with E-state index in [4.69, 9.17) is 0 Å². The highest BCUT2D eigenvalue weighted by Crippen LogP contribution is 2.25. The fraction of sp³-hybridized carbons (Fsp3) is 0.286. The maximum Gasteiger partial charge on any atom is 0.263 e. The predicted octanol–water partition coefficient (Wildman–Crippen LogP) is 2.07. The van der Waals surface area contributed by atoms with Crippen molar-refractivity contribution in [1.29, 1.82) is 0 Å². The molecule has 0 unspecified atom stereocenters. The SMILES string of the molecule is CCN=C(C)c1c(O)c2ccccc2n(C)c1=O. The average molecular weight is 244 g/mol. The third-order valence-corrected chi connectivity index (χ3v) is 3.03. The van der Waals surface area contributed by atoms with Gasteiger partial charge in [-0.3, -0.25) is 9.79 Å². The van der Waals surface area contributed by atoms with Crippen LogP contribution in [0.5, 0.6) is 5.75 Å². The second kappa shape index (κ2) is 4.64. The molecule has 2 aromatic rings. The maximum absolute atomic E-state index is 12.2. The lowest BCUT2D eigenvalue weighted by Gasteiger charge is -2.11. The van der Waals surface area contributed by atoms with E-state index in [1.165, 1.54) is 0 Å². The zero-order valence-electron chi connectivity index (χ0n) is 10.8. The molecule has 0 aliphatic rings. The molecule has 0 saturated carbocycles. The van der Waals surface area contributed by atoms with Gasteiger partial charge in [0.25, 0.3) is 5.56 Å². The monoisotopic (exact) mass is 244 g/mol. The number of fused-ring (bicyclic) bond motifs is 1.